The molecule has 0 radical (unpaired) electrons. The first-order valence-electron chi connectivity index (χ1n) is 10.2. The molecule has 164 valence electrons. The molecule has 0 saturated carbocycles. The summed E-state index contributed by atoms with van der Waals surface area (Å²) in [7, 11) is -1.39. The van der Waals surface area contributed by atoms with Crippen molar-refractivity contribution in [3.8, 4) is 0 Å². The summed E-state index contributed by atoms with van der Waals surface area (Å²) in [5.41, 5.74) is 8.74. The second kappa shape index (κ2) is 9.76. The molecule has 0 saturated heterocycles. The fourth-order valence-electron chi connectivity index (χ4n) is 4.06. The molecule has 0 unspecified atom stereocenters. The number of alkyl halides is 1. The SMILES string of the molecule is CO[C@@H]1C=C(N=[N+]=[N-])[C@@H](F)[C@@H](CO[Si](c2ccccc2)(c2ccccc2)C(C)(C)C)O1. The van der Waals surface area contributed by atoms with Gasteiger partial charge in [-0.1, -0.05) is 86.5 Å². The standard InChI is InChI=1S/C23H28FN3O3Si/c1-23(2,3)31(17-11-7-5-8-12-17,18-13-9-6-10-14-18)29-16-20-22(24)19(26-27-25)15-21(28-4)30-20/h5-15,20-22H,16H2,1-4H3/t20-,21+,22-/m1/s1. The van der Waals surface area contributed by atoms with E-state index < -0.39 is 26.9 Å². The lowest BCUT2D eigenvalue weighted by Crippen LogP contribution is -2.67. The largest absolute Gasteiger partial charge is 0.405 e. The Balaban J connectivity index is 2.02. The topological polar surface area (TPSA) is 76.5 Å². The van der Waals surface area contributed by atoms with E-state index in [9.17, 15) is 0 Å². The van der Waals surface area contributed by atoms with Crippen LogP contribution in [-0.2, 0) is 13.9 Å². The Hall–Kier alpha value is -2.48. The van der Waals surface area contributed by atoms with Crippen LogP contribution in [0.1, 0.15) is 20.8 Å². The van der Waals surface area contributed by atoms with Crippen molar-refractivity contribution in [1.82, 2.24) is 0 Å². The lowest BCUT2D eigenvalue weighted by Gasteiger charge is -2.44. The van der Waals surface area contributed by atoms with E-state index in [0.717, 1.165) is 10.4 Å². The number of methoxy groups -OCH3 is 1. The van der Waals surface area contributed by atoms with Gasteiger partial charge in [0.15, 0.2) is 12.5 Å². The summed E-state index contributed by atoms with van der Waals surface area (Å²) in [6.45, 7) is 6.44. The van der Waals surface area contributed by atoms with E-state index in [-0.39, 0.29) is 17.3 Å². The Morgan fingerprint density at radius 1 is 1.06 bits per heavy atom. The molecule has 1 aliphatic rings. The average molecular weight is 442 g/mol. The third-order valence-corrected chi connectivity index (χ3v) is 10.5. The van der Waals surface area contributed by atoms with Crippen molar-refractivity contribution in [1.29, 1.82) is 0 Å². The minimum Gasteiger partial charge on any atom is -0.405 e. The first-order chi connectivity index (χ1) is 14.8. The van der Waals surface area contributed by atoms with Crippen LogP contribution in [0.15, 0.2) is 77.6 Å². The fraction of sp³-hybridized carbons (Fsp3) is 0.391. The molecule has 8 heteroatoms. The van der Waals surface area contributed by atoms with E-state index >= 15 is 4.39 Å². The van der Waals surface area contributed by atoms with Gasteiger partial charge in [-0.25, -0.2) is 4.39 Å². The summed E-state index contributed by atoms with van der Waals surface area (Å²) in [5, 5.41) is 5.42. The Morgan fingerprint density at radius 2 is 1.61 bits per heavy atom. The van der Waals surface area contributed by atoms with E-state index in [1.54, 1.807) is 0 Å². The highest BCUT2D eigenvalue weighted by Gasteiger charge is 2.51. The third kappa shape index (κ3) is 4.73. The zero-order valence-electron chi connectivity index (χ0n) is 18.2. The van der Waals surface area contributed by atoms with Crippen LogP contribution in [0, 0.1) is 0 Å². The average Bonchev–Trinajstić information content (AvgIpc) is 2.77. The zero-order chi connectivity index (χ0) is 22.5. The minimum atomic E-state index is -2.85. The van der Waals surface area contributed by atoms with Crippen LogP contribution < -0.4 is 10.4 Å². The van der Waals surface area contributed by atoms with Crippen molar-refractivity contribution in [2.24, 2.45) is 5.11 Å². The normalized spacial score (nSPS) is 21.8. The number of hydrogen-bond acceptors (Lipinski definition) is 4. The van der Waals surface area contributed by atoms with Gasteiger partial charge in [-0.3, -0.25) is 0 Å². The number of azide groups is 1. The maximum atomic E-state index is 15.1. The monoisotopic (exact) mass is 441 g/mol. The molecule has 6 nitrogen and oxygen atoms in total. The van der Waals surface area contributed by atoms with Crippen LogP contribution in [-0.4, -0.2) is 40.6 Å². The predicted octanol–water partition coefficient (Wildman–Crippen LogP) is 4.47. The number of rotatable bonds is 7. The maximum Gasteiger partial charge on any atom is 0.261 e. The Morgan fingerprint density at radius 3 is 2.06 bits per heavy atom. The molecular weight excluding hydrogens is 413 g/mol. The molecule has 0 N–H and O–H groups in total. The van der Waals surface area contributed by atoms with Gasteiger partial charge in [-0.2, -0.15) is 0 Å². The first kappa shape index (κ1) is 23.2. The lowest BCUT2D eigenvalue weighted by atomic mass is 10.1. The van der Waals surface area contributed by atoms with Crippen molar-refractivity contribution in [2.75, 3.05) is 13.7 Å². The van der Waals surface area contributed by atoms with Crippen LogP contribution in [0.4, 0.5) is 4.39 Å². The van der Waals surface area contributed by atoms with Crippen LogP contribution in [0.5, 0.6) is 0 Å². The second-order valence-corrected chi connectivity index (χ2v) is 12.7. The minimum absolute atomic E-state index is 0.00735. The molecule has 0 spiro atoms. The molecule has 31 heavy (non-hydrogen) atoms. The van der Waals surface area contributed by atoms with Gasteiger partial charge in [0.05, 0.1) is 12.3 Å². The van der Waals surface area contributed by atoms with Gasteiger partial charge in [-0.05, 0) is 27.0 Å². The van der Waals surface area contributed by atoms with E-state index in [1.807, 2.05) is 36.4 Å². The van der Waals surface area contributed by atoms with Crippen molar-refractivity contribution < 1.29 is 18.3 Å². The number of nitrogens with zero attached hydrogens (tertiary/aromatic N) is 3. The molecule has 2 aromatic rings. The molecular formula is C23H28FN3O3Si. The van der Waals surface area contributed by atoms with Crippen LogP contribution >= 0.6 is 0 Å². The molecule has 1 heterocycles. The third-order valence-electron chi connectivity index (χ3n) is 5.50. The van der Waals surface area contributed by atoms with E-state index in [4.69, 9.17) is 19.4 Å². The molecule has 0 amide bonds. The molecule has 3 atom stereocenters. The van der Waals surface area contributed by atoms with Crippen molar-refractivity contribution in [3.63, 3.8) is 0 Å². The summed E-state index contributed by atoms with van der Waals surface area (Å²) < 4.78 is 32.8. The number of ether oxygens (including phenoxy) is 2. The zero-order valence-corrected chi connectivity index (χ0v) is 19.2. The Labute approximate surface area is 183 Å². The molecule has 0 aliphatic carbocycles. The molecule has 0 bridgehead atoms. The van der Waals surface area contributed by atoms with Gasteiger partial charge in [-0.15, -0.1) is 0 Å². The Bertz CT molecular complexity index is 904. The van der Waals surface area contributed by atoms with E-state index in [1.165, 1.54) is 13.2 Å². The lowest BCUT2D eigenvalue weighted by molar-refractivity contribution is -0.159. The summed E-state index contributed by atoms with van der Waals surface area (Å²) >= 11 is 0. The van der Waals surface area contributed by atoms with Gasteiger partial charge in [0.2, 0.25) is 0 Å². The summed E-state index contributed by atoms with van der Waals surface area (Å²) in [4.78, 5) is 2.73. The van der Waals surface area contributed by atoms with Gasteiger partial charge < -0.3 is 13.9 Å². The highest BCUT2D eigenvalue weighted by atomic mass is 28.4. The maximum absolute atomic E-state index is 15.1. The van der Waals surface area contributed by atoms with Gasteiger partial charge in [0, 0.05) is 12.0 Å². The van der Waals surface area contributed by atoms with Gasteiger partial charge in [0.1, 0.15) is 6.10 Å². The second-order valence-electron chi connectivity index (χ2n) is 8.44. The van der Waals surface area contributed by atoms with Gasteiger partial charge >= 0.3 is 0 Å². The highest BCUT2D eigenvalue weighted by Crippen LogP contribution is 2.37. The van der Waals surface area contributed by atoms with Crippen molar-refractivity contribution in [3.05, 3.63) is 82.9 Å². The molecule has 0 fully saturated rings. The van der Waals surface area contributed by atoms with Crippen molar-refractivity contribution >= 4 is 18.7 Å². The predicted molar refractivity (Wildman–Crippen MR) is 121 cm³/mol. The fourth-order valence-corrected chi connectivity index (χ4v) is 8.63. The van der Waals surface area contributed by atoms with E-state index in [2.05, 4.69) is 55.1 Å². The summed E-state index contributed by atoms with van der Waals surface area (Å²) in [6.07, 6.45) is -2.03. The smallest absolute Gasteiger partial charge is 0.261 e. The van der Waals surface area contributed by atoms with E-state index in [0.29, 0.717) is 0 Å². The quantitative estimate of drug-likeness (QED) is 0.275. The number of benzene rings is 2. The molecule has 0 aromatic heterocycles. The molecule has 1 aliphatic heterocycles. The molecule has 2 aromatic carbocycles. The van der Waals surface area contributed by atoms with Crippen LogP contribution in [0.25, 0.3) is 10.4 Å². The number of halogens is 1. The van der Waals surface area contributed by atoms with Gasteiger partial charge in [0.25, 0.3) is 8.32 Å². The molecule has 3 rings (SSSR count). The summed E-state index contributed by atoms with van der Waals surface area (Å²) in [6, 6.07) is 20.2. The van der Waals surface area contributed by atoms with Crippen molar-refractivity contribution in [2.45, 2.75) is 44.4 Å². The summed E-state index contributed by atoms with van der Waals surface area (Å²) in [5.74, 6) is 0. The van der Waals surface area contributed by atoms with Crippen LogP contribution in [0.3, 0.4) is 0 Å². The highest BCUT2D eigenvalue weighted by molar-refractivity contribution is 6.99. The Kier molecular flexibility index (Phi) is 7.30. The number of hydrogen-bond donors (Lipinski definition) is 0. The van der Waals surface area contributed by atoms with Crippen LogP contribution in [0.2, 0.25) is 5.04 Å². The first-order valence-corrected chi connectivity index (χ1v) is 12.1.